The summed E-state index contributed by atoms with van der Waals surface area (Å²) in [6, 6.07) is 3.25. The number of rotatable bonds is 2. The molecular weight excluding hydrogens is 332 g/mol. The highest BCUT2D eigenvalue weighted by molar-refractivity contribution is 6.31. The number of fused-ring (bicyclic) bond motifs is 2. The average molecular weight is 351 g/mol. The zero-order valence-corrected chi connectivity index (χ0v) is 14.2. The van der Waals surface area contributed by atoms with E-state index in [-0.39, 0.29) is 23.9 Å². The van der Waals surface area contributed by atoms with Gasteiger partial charge in [-0.1, -0.05) is 11.6 Å². The molecule has 2 atom stereocenters. The Balaban J connectivity index is 1.85. The highest BCUT2D eigenvalue weighted by atomic mass is 35.5. The Morgan fingerprint density at radius 1 is 1.38 bits per heavy atom. The van der Waals surface area contributed by atoms with Crippen LogP contribution in [-0.2, 0) is 4.79 Å². The molecule has 0 aromatic heterocycles. The Bertz CT molecular complexity index is 707. The maximum atomic E-state index is 12.7. The van der Waals surface area contributed by atoms with Crippen molar-refractivity contribution in [3.05, 3.63) is 28.8 Å². The quantitative estimate of drug-likeness (QED) is 0.756. The third kappa shape index (κ3) is 3.03. The second kappa shape index (κ2) is 6.32. The number of hydrogen-bond acceptors (Lipinski definition) is 3. The number of anilines is 1. The summed E-state index contributed by atoms with van der Waals surface area (Å²) >= 11 is 5.95. The van der Waals surface area contributed by atoms with Crippen LogP contribution in [0.15, 0.2) is 18.2 Å². The number of hydrogen-bond donors (Lipinski definition) is 3. The van der Waals surface area contributed by atoms with Gasteiger partial charge in [0.15, 0.2) is 0 Å². The summed E-state index contributed by atoms with van der Waals surface area (Å²) in [5, 5.41) is 8.72. The molecule has 1 aromatic carbocycles. The number of amides is 4. The van der Waals surface area contributed by atoms with Gasteiger partial charge in [-0.2, -0.15) is 0 Å². The Morgan fingerprint density at radius 2 is 2.12 bits per heavy atom. The van der Waals surface area contributed by atoms with Crippen molar-refractivity contribution >= 4 is 35.1 Å². The zero-order chi connectivity index (χ0) is 17.4. The highest BCUT2D eigenvalue weighted by Crippen LogP contribution is 2.30. The largest absolute Gasteiger partial charge is 0.336 e. The summed E-state index contributed by atoms with van der Waals surface area (Å²) in [4.78, 5) is 38.8. The van der Waals surface area contributed by atoms with Gasteiger partial charge in [-0.15, -0.1) is 0 Å². The van der Waals surface area contributed by atoms with E-state index in [2.05, 4.69) is 16.0 Å². The molecule has 2 heterocycles. The molecule has 2 aliphatic rings. The minimum atomic E-state index is -0.735. The summed E-state index contributed by atoms with van der Waals surface area (Å²) in [5.41, 5.74) is 0.805. The second-order valence-corrected chi connectivity index (χ2v) is 6.73. The van der Waals surface area contributed by atoms with Gasteiger partial charge in [0.2, 0.25) is 5.91 Å². The molecule has 0 bridgehead atoms. The van der Waals surface area contributed by atoms with Gasteiger partial charge in [0.25, 0.3) is 5.91 Å². The molecule has 3 N–H and O–H groups in total. The summed E-state index contributed by atoms with van der Waals surface area (Å²) < 4.78 is 0. The lowest BCUT2D eigenvalue weighted by atomic mass is 10.1. The normalized spacial score (nSPS) is 22.6. The summed E-state index contributed by atoms with van der Waals surface area (Å²) in [5.74, 6) is -0.560. The van der Waals surface area contributed by atoms with E-state index in [1.807, 2.05) is 13.8 Å². The minimum absolute atomic E-state index is 0.0153. The standard InChI is InChI=1S/C16H19ClN4O3/c1-8(2)18-16(24)20-11-5-6-21-13(11)14(22)19-12-7-9(17)3-4-10(12)15(21)23/h3-4,7-8,11,13H,5-6H2,1-2H3,(H,19,22)(H2,18,20,24). The molecule has 2 unspecified atom stereocenters. The van der Waals surface area contributed by atoms with Gasteiger partial charge >= 0.3 is 6.03 Å². The smallest absolute Gasteiger partial charge is 0.315 e. The molecule has 7 nitrogen and oxygen atoms in total. The maximum Gasteiger partial charge on any atom is 0.315 e. The van der Waals surface area contributed by atoms with Crippen molar-refractivity contribution in [2.45, 2.75) is 38.4 Å². The lowest BCUT2D eigenvalue weighted by Gasteiger charge is -2.25. The van der Waals surface area contributed by atoms with Crippen molar-refractivity contribution in [3.8, 4) is 0 Å². The molecule has 2 aliphatic heterocycles. The lowest BCUT2D eigenvalue weighted by molar-refractivity contribution is -0.120. The number of carbonyl (C=O) groups is 3. The van der Waals surface area contributed by atoms with E-state index in [0.717, 1.165) is 0 Å². The molecule has 0 saturated carbocycles. The number of halogens is 1. The highest BCUT2D eigenvalue weighted by Gasteiger charge is 2.45. The van der Waals surface area contributed by atoms with Gasteiger partial charge in [-0.3, -0.25) is 9.59 Å². The third-order valence-corrected chi connectivity index (χ3v) is 4.37. The first-order chi connectivity index (χ1) is 11.4. The van der Waals surface area contributed by atoms with Crippen molar-refractivity contribution in [1.29, 1.82) is 0 Å². The first-order valence-electron chi connectivity index (χ1n) is 7.85. The number of nitrogens with zero attached hydrogens (tertiary/aromatic N) is 1. The monoisotopic (exact) mass is 350 g/mol. The molecule has 1 fully saturated rings. The van der Waals surface area contributed by atoms with Crippen LogP contribution in [0.3, 0.4) is 0 Å². The zero-order valence-electron chi connectivity index (χ0n) is 13.4. The molecule has 8 heteroatoms. The van der Waals surface area contributed by atoms with Gasteiger partial charge < -0.3 is 20.9 Å². The predicted octanol–water partition coefficient (Wildman–Crippen LogP) is 1.58. The van der Waals surface area contributed by atoms with Gasteiger partial charge in [0.1, 0.15) is 6.04 Å². The van der Waals surface area contributed by atoms with Crippen LogP contribution >= 0.6 is 11.6 Å². The summed E-state index contributed by atoms with van der Waals surface area (Å²) in [6.45, 7) is 4.11. The van der Waals surface area contributed by atoms with Crippen LogP contribution in [0.1, 0.15) is 30.6 Å². The van der Waals surface area contributed by atoms with Crippen molar-refractivity contribution in [2.24, 2.45) is 0 Å². The summed E-state index contributed by atoms with van der Waals surface area (Å²) in [6.07, 6.45) is 0.526. The molecule has 1 saturated heterocycles. The molecule has 3 rings (SSSR count). The van der Waals surface area contributed by atoms with Crippen LogP contribution in [0.5, 0.6) is 0 Å². The average Bonchev–Trinajstić information content (AvgIpc) is 2.85. The van der Waals surface area contributed by atoms with E-state index in [1.54, 1.807) is 18.2 Å². The third-order valence-electron chi connectivity index (χ3n) is 4.13. The van der Waals surface area contributed by atoms with Crippen LogP contribution in [0, 0.1) is 0 Å². The fraction of sp³-hybridized carbons (Fsp3) is 0.438. The van der Waals surface area contributed by atoms with Gasteiger partial charge in [0.05, 0.1) is 17.3 Å². The fourth-order valence-corrected chi connectivity index (χ4v) is 3.31. The van der Waals surface area contributed by atoms with Crippen LogP contribution in [0.2, 0.25) is 5.02 Å². The summed E-state index contributed by atoms with van der Waals surface area (Å²) in [7, 11) is 0. The Labute approximate surface area is 144 Å². The van der Waals surface area contributed by atoms with Gasteiger partial charge in [0, 0.05) is 17.6 Å². The van der Waals surface area contributed by atoms with E-state index in [9.17, 15) is 14.4 Å². The molecule has 0 spiro atoms. The maximum absolute atomic E-state index is 12.7. The van der Waals surface area contributed by atoms with E-state index in [1.165, 1.54) is 4.90 Å². The minimum Gasteiger partial charge on any atom is -0.336 e. The van der Waals surface area contributed by atoms with Crippen molar-refractivity contribution < 1.29 is 14.4 Å². The lowest BCUT2D eigenvalue weighted by Crippen LogP contribution is -2.54. The predicted molar refractivity (Wildman–Crippen MR) is 90.1 cm³/mol. The van der Waals surface area contributed by atoms with E-state index in [0.29, 0.717) is 29.2 Å². The van der Waals surface area contributed by atoms with E-state index < -0.39 is 12.1 Å². The van der Waals surface area contributed by atoms with Crippen LogP contribution in [0.4, 0.5) is 10.5 Å². The SMILES string of the molecule is CC(C)NC(=O)NC1CCN2C(=O)c3ccc(Cl)cc3NC(=O)C12. The van der Waals surface area contributed by atoms with Crippen molar-refractivity contribution in [1.82, 2.24) is 15.5 Å². The number of nitrogens with one attached hydrogen (secondary N) is 3. The van der Waals surface area contributed by atoms with Crippen molar-refractivity contribution in [3.63, 3.8) is 0 Å². The second-order valence-electron chi connectivity index (χ2n) is 6.29. The topological polar surface area (TPSA) is 90.5 Å². The first kappa shape index (κ1) is 16.6. The van der Waals surface area contributed by atoms with Crippen LogP contribution in [0.25, 0.3) is 0 Å². The van der Waals surface area contributed by atoms with Crippen molar-refractivity contribution in [2.75, 3.05) is 11.9 Å². The number of urea groups is 1. The first-order valence-corrected chi connectivity index (χ1v) is 8.23. The molecule has 0 radical (unpaired) electrons. The molecule has 24 heavy (non-hydrogen) atoms. The number of carbonyl (C=O) groups excluding carboxylic acids is 3. The van der Waals surface area contributed by atoms with E-state index in [4.69, 9.17) is 11.6 Å². The molecular formula is C16H19ClN4O3. The Morgan fingerprint density at radius 3 is 2.83 bits per heavy atom. The molecule has 128 valence electrons. The Kier molecular flexibility index (Phi) is 4.36. The molecule has 1 aromatic rings. The Hall–Kier alpha value is -2.28. The fourth-order valence-electron chi connectivity index (χ4n) is 3.14. The molecule has 4 amide bonds. The van der Waals surface area contributed by atoms with Crippen LogP contribution in [-0.4, -0.2) is 47.4 Å². The molecule has 0 aliphatic carbocycles. The number of benzene rings is 1. The van der Waals surface area contributed by atoms with E-state index >= 15 is 0 Å². The van der Waals surface area contributed by atoms with Crippen LogP contribution < -0.4 is 16.0 Å². The van der Waals surface area contributed by atoms with Gasteiger partial charge in [-0.25, -0.2) is 4.79 Å². The van der Waals surface area contributed by atoms with Gasteiger partial charge in [-0.05, 0) is 38.5 Å².